The summed E-state index contributed by atoms with van der Waals surface area (Å²) in [6.07, 6.45) is 9.11. The third kappa shape index (κ3) is 3.05. The van der Waals surface area contributed by atoms with Crippen molar-refractivity contribution in [3.63, 3.8) is 0 Å². The lowest BCUT2D eigenvalue weighted by Gasteiger charge is -2.49. The van der Waals surface area contributed by atoms with Gasteiger partial charge in [0.15, 0.2) is 0 Å². The molecule has 1 saturated heterocycles. The summed E-state index contributed by atoms with van der Waals surface area (Å²) in [7, 11) is 4.17. The van der Waals surface area contributed by atoms with Gasteiger partial charge >= 0.3 is 0 Å². The first-order chi connectivity index (χ1) is 9.43. The first-order valence-corrected chi connectivity index (χ1v) is 8.43. The molecule has 20 heavy (non-hydrogen) atoms. The monoisotopic (exact) mass is 283 g/mol. The van der Waals surface area contributed by atoms with Gasteiger partial charge in [-0.05, 0) is 59.0 Å². The molecule has 1 aliphatic heterocycles. The number of nitrogens with zero attached hydrogens (tertiary/aromatic N) is 1. The third-order valence-corrected chi connectivity index (χ3v) is 6.12. The van der Waals surface area contributed by atoms with Gasteiger partial charge in [-0.15, -0.1) is 0 Å². The summed E-state index contributed by atoms with van der Waals surface area (Å²) in [6, 6.07) is 0. The normalized spacial score (nSPS) is 31.2. The van der Waals surface area contributed by atoms with Crippen molar-refractivity contribution in [1.82, 2.24) is 4.90 Å². The average Bonchev–Trinajstić information content (AvgIpc) is 2.46. The molecule has 3 unspecified atom stereocenters. The van der Waals surface area contributed by atoms with Gasteiger partial charge < -0.3 is 14.7 Å². The van der Waals surface area contributed by atoms with Crippen LogP contribution in [0.4, 0.5) is 0 Å². The molecular weight excluding hydrogens is 250 g/mol. The van der Waals surface area contributed by atoms with Crippen LogP contribution in [0.1, 0.15) is 65.2 Å². The fraction of sp³-hybridized carbons (Fsp3) is 1.00. The Balaban J connectivity index is 2.08. The van der Waals surface area contributed by atoms with Crippen molar-refractivity contribution in [2.24, 2.45) is 5.92 Å². The van der Waals surface area contributed by atoms with Crippen LogP contribution < -0.4 is 0 Å². The summed E-state index contributed by atoms with van der Waals surface area (Å²) in [5, 5.41) is 11.0. The minimum absolute atomic E-state index is 0.0864. The van der Waals surface area contributed by atoms with Crippen LogP contribution in [0.2, 0.25) is 0 Å². The van der Waals surface area contributed by atoms with Gasteiger partial charge in [-0.2, -0.15) is 0 Å². The Labute approximate surface area is 124 Å². The van der Waals surface area contributed by atoms with Crippen molar-refractivity contribution in [3.8, 4) is 0 Å². The van der Waals surface area contributed by atoms with E-state index in [2.05, 4.69) is 32.8 Å². The highest BCUT2D eigenvalue weighted by Crippen LogP contribution is 2.43. The van der Waals surface area contributed by atoms with Gasteiger partial charge in [0.25, 0.3) is 0 Å². The van der Waals surface area contributed by atoms with Crippen molar-refractivity contribution >= 4 is 0 Å². The number of ether oxygens (including phenoxy) is 1. The maximum Gasteiger partial charge on any atom is 0.0750 e. The second-order valence-electron chi connectivity index (χ2n) is 7.40. The van der Waals surface area contributed by atoms with Crippen molar-refractivity contribution in [2.75, 3.05) is 20.7 Å². The molecule has 2 aliphatic rings. The summed E-state index contributed by atoms with van der Waals surface area (Å²) < 4.78 is 6.17. The van der Waals surface area contributed by atoms with Gasteiger partial charge in [-0.3, -0.25) is 0 Å². The largest absolute Gasteiger partial charge is 0.391 e. The lowest BCUT2D eigenvalue weighted by atomic mass is 9.71. The van der Waals surface area contributed by atoms with E-state index in [1.807, 2.05) is 0 Å². The van der Waals surface area contributed by atoms with E-state index in [0.29, 0.717) is 5.92 Å². The van der Waals surface area contributed by atoms with E-state index >= 15 is 0 Å². The molecule has 1 heterocycles. The van der Waals surface area contributed by atoms with Crippen molar-refractivity contribution < 1.29 is 9.84 Å². The fourth-order valence-electron chi connectivity index (χ4n) is 4.18. The SMILES string of the molecule is CCC(C)(C(O)C1CCOC2(CCCCC2)C1)N(C)C. The van der Waals surface area contributed by atoms with Gasteiger partial charge in [0, 0.05) is 12.1 Å². The van der Waals surface area contributed by atoms with E-state index in [1.165, 1.54) is 32.1 Å². The van der Waals surface area contributed by atoms with Crippen LogP contribution in [0, 0.1) is 5.92 Å². The molecule has 1 N–H and O–H groups in total. The molecule has 2 rings (SSSR count). The van der Waals surface area contributed by atoms with E-state index in [-0.39, 0.29) is 17.2 Å². The van der Waals surface area contributed by atoms with Crippen LogP contribution in [0.5, 0.6) is 0 Å². The molecule has 0 amide bonds. The summed E-state index contributed by atoms with van der Waals surface area (Å²) in [5.41, 5.74) is -0.0407. The highest BCUT2D eigenvalue weighted by Gasteiger charge is 2.45. The highest BCUT2D eigenvalue weighted by atomic mass is 16.5. The van der Waals surface area contributed by atoms with Crippen LogP contribution in [-0.2, 0) is 4.74 Å². The van der Waals surface area contributed by atoms with Crippen LogP contribution in [0.25, 0.3) is 0 Å². The lowest BCUT2D eigenvalue weighted by molar-refractivity contribution is -0.149. The van der Waals surface area contributed by atoms with E-state index in [4.69, 9.17) is 4.74 Å². The second kappa shape index (κ2) is 6.33. The van der Waals surface area contributed by atoms with E-state index in [0.717, 1.165) is 25.9 Å². The number of hydrogen-bond acceptors (Lipinski definition) is 3. The molecule has 1 spiro atoms. The Hall–Kier alpha value is -0.120. The molecule has 0 aromatic carbocycles. The van der Waals surface area contributed by atoms with Crippen LogP contribution in [-0.4, -0.2) is 48.0 Å². The lowest BCUT2D eigenvalue weighted by Crippen LogP contribution is -2.56. The first kappa shape index (κ1) is 16.3. The van der Waals surface area contributed by atoms with Crippen LogP contribution in [0.15, 0.2) is 0 Å². The predicted molar refractivity (Wildman–Crippen MR) is 82.9 cm³/mol. The molecular formula is C17H33NO2. The minimum atomic E-state index is -0.259. The molecule has 3 atom stereocenters. The molecule has 0 aromatic heterocycles. The zero-order valence-corrected chi connectivity index (χ0v) is 13.8. The molecule has 0 radical (unpaired) electrons. The molecule has 118 valence electrons. The summed E-state index contributed by atoms with van der Waals surface area (Å²) >= 11 is 0. The Morgan fingerprint density at radius 2 is 1.95 bits per heavy atom. The van der Waals surface area contributed by atoms with Crippen molar-refractivity contribution in [3.05, 3.63) is 0 Å². The smallest absolute Gasteiger partial charge is 0.0750 e. The van der Waals surface area contributed by atoms with E-state index in [9.17, 15) is 5.11 Å². The van der Waals surface area contributed by atoms with Crippen molar-refractivity contribution in [1.29, 1.82) is 0 Å². The Bertz CT molecular complexity index is 307. The molecule has 0 bridgehead atoms. The average molecular weight is 283 g/mol. The zero-order valence-electron chi connectivity index (χ0n) is 13.8. The van der Waals surface area contributed by atoms with Crippen molar-refractivity contribution in [2.45, 2.75) is 82.5 Å². The Kier molecular flexibility index (Phi) is 5.14. The number of aliphatic hydroxyl groups excluding tert-OH is 1. The molecule has 3 heteroatoms. The maximum atomic E-state index is 11.0. The number of rotatable bonds is 4. The number of aliphatic hydroxyl groups is 1. The zero-order chi connectivity index (χ0) is 14.8. The Morgan fingerprint density at radius 1 is 1.30 bits per heavy atom. The standard InChI is InChI=1S/C17H33NO2/c1-5-16(2,18(3)4)15(19)14-9-12-20-17(13-14)10-7-6-8-11-17/h14-15,19H,5-13H2,1-4H3. The molecule has 1 saturated carbocycles. The third-order valence-electron chi connectivity index (χ3n) is 6.12. The number of likely N-dealkylation sites (N-methyl/N-ethyl adjacent to an activating group) is 1. The van der Waals surface area contributed by atoms with Gasteiger partial charge in [-0.25, -0.2) is 0 Å². The minimum Gasteiger partial charge on any atom is -0.391 e. The summed E-state index contributed by atoms with van der Waals surface area (Å²) in [6.45, 7) is 5.20. The first-order valence-electron chi connectivity index (χ1n) is 8.43. The van der Waals surface area contributed by atoms with Gasteiger partial charge in [0.2, 0.25) is 0 Å². The number of hydrogen-bond donors (Lipinski definition) is 1. The quantitative estimate of drug-likeness (QED) is 0.860. The van der Waals surface area contributed by atoms with Gasteiger partial charge in [0.1, 0.15) is 0 Å². The highest BCUT2D eigenvalue weighted by molar-refractivity contribution is 4.98. The maximum absolute atomic E-state index is 11.0. The molecule has 1 aliphatic carbocycles. The van der Waals surface area contributed by atoms with Gasteiger partial charge in [0.05, 0.1) is 11.7 Å². The molecule has 3 nitrogen and oxygen atoms in total. The topological polar surface area (TPSA) is 32.7 Å². The summed E-state index contributed by atoms with van der Waals surface area (Å²) in [4.78, 5) is 2.20. The van der Waals surface area contributed by atoms with Crippen LogP contribution >= 0.6 is 0 Å². The van der Waals surface area contributed by atoms with Crippen LogP contribution in [0.3, 0.4) is 0 Å². The van der Waals surface area contributed by atoms with E-state index < -0.39 is 0 Å². The summed E-state index contributed by atoms with van der Waals surface area (Å²) in [5.74, 6) is 0.384. The van der Waals surface area contributed by atoms with E-state index in [1.54, 1.807) is 0 Å². The van der Waals surface area contributed by atoms with Gasteiger partial charge in [-0.1, -0.05) is 26.2 Å². The molecule has 0 aromatic rings. The predicted octanol–water partition coefficient (Wildman–Crippen LogP) is 3.21. The fourth-order valence-corrected chi connectivity index (χ4v) is 4.18. The molecule has 2 fully saturated rings. The Morgan fingerprint density at radius 3 is 2.50 bits per heavy atom. The second-order valence-corrected chi connectivity index (χ2v) is 7.40.